The first-order valence-corrected chi connectivity index (χ1v) is 4.62. The molecule has 4 heteroatoms. The van der Waals surface area contributed by atoms with Crippen LogP contribution in [0.1, 0.15) is 13.3 Å². The highest BCUT2D eigenvalue weighted by atomic mass is 16.5. The van der Waals surface area contributed by atoms with E-state index in [-0.39, 0.29) is 0 Å². The van der Waals surface area contributed by atoms with E-state index in [0.29, 0.717) is 19.6 Å². The van der Waals surface area contributed by atoms with Crippen LogP contribution in [0.5, 0.6) is 0 Å². The van der Waals surface area contributed by atoms with Gasteiger partial charge < -0.3 is 14.7 Å². The summed E-state index contributed by atoms with van der Waals surface area (Å²) in [5.74, 6) is 0. The maximum Gasteiger partial charge on any atom is 0.115 e. The largest absolute Gasteiger partial charge is 0.380 e. The van der Waals surface area contributed by atoms with Crippen molar-refractivity contribution < 1.29 is 9.84 Å². The van der Waals surface area contributed by atoms with Crippen LogP contribution in [0.25, 0.3) is 0 Å². The van der Waals surface area contributed by atoms with E-state index in [0.717, 1.165) is 6.54 Å². The Bertz CT molecular complexity index is 127. The molecule has 0 aromatic heterocycles. The van der Waals surface area contributed by atoms with E-state index < -0.39 is 5.72 Å². The summed E-state index contributed by atoms with van der Waals surface area (Å²) in [7, 11) is 5.75. The molecule has 0 saturated carbocycles. The lowest BCUT2D eigenvalue weighted by Crippen LogP contribution is -2.40. The molecule has 0 fully saturated rings. The van der Waals surface area contributed by atoms with Gasteiger partial charge in [-0.15, -0.1) is 0 Å². The predicted octanol–water partition coefficient (Wildman–Crippen LogP) is -0.117. The van der Waals surface area contributed by atoms with Crippen LogP contribution in [0.4, 0.5) is 0 Å². The van der Waals surface area contributed by atoms with Gasteiger partial charge in [0.25, 0.3) is 0 Å². The molecule has 0 aliphatic heterocycles. The molecule has 1 unspecified atom stereocenters. The molecule has 13 heavy (non-hydrogen) atoms. The van der Waals surface area contributed by atoms with Crippen molar-refractivity contribution in [2.75, 3.05) is 40.9 Å². The first-order valence-electron chi connectivity index (χ1n) is 4.62. The summed E-state index contributed by atoms with van der Waals surface area (Å²) >= 11 is 0. The number of nitrogens with one attached hydrogen (secondary N) is 1. The maximum absolute atomic E-state index is 9.53. The number of rotatable bonds is 7. The Morgan fingerprint density at radius 2 is 2.00 bits per heavy atom. The lowest BCUT2D eigenvalue weighted by Gasteiger charge is -2.22. The molecule has 0 aliphatic carbocycles. The van der Waals surface area contributed by atoms with Gasteiger partial charge in [0.1, 0.15) is 5.72 Å². The number of aliphatic hydroxyl groups is 1. The van der Waals surface area contributed by atoms with Gasteiger partial charge in [0, 0.05) is 13.0 Å². The minimum absolute atomic E-state index is 0.585. The quantitative estimate of drug-likeness (QED) is 0.434. The van der Waals surface area contributed by atoms with E-state index in [1.165, 1.54) is 0 Å². The Morgan fingerprint density at radius 3 is 2.46 bits per heavy atom. The van der Waals surface area contributed by atoms with Crippen LogP contribution < -0.4 is 5.32 Å². The van der Waals surface area contributed by atoms with Crippen molar-refractivity contribution in [2.45, 2.75) is 19.1 Å². The maximum atomic E-state index is 9.53. The average Bonchev–Trinajstić information content (AvgIpc) is 2.03. The summed E-state index contributed by atoms with van der Waals surface area (Å²) < 4.78 is 5.34. The lowest BCUT2D eigenvalue weighted by molar-refractivity contribution is -0.00785. The number of nitrogens with zero attached hydrogens (tertiary/aromatic N) is 1. The van der Waals surface area contributed by atoms with Crippen LogP contribution in [-0.2, 0) is 4.74 Å². The summed E-state index contributed by atoms with van der Waals surface area (Å²) in [5.41, 5.74) is -0.807. The highest BCUT2D eigenvalue weighted by Crippen LogP contribution is 2.02. The Labute approximate surface area is 80.9 Å². The third kappa shape index (κ3) is 8.18. The first-order chi connectivity index (χ1) is 5.98. The van der Waals surface area contributed by atoms with Crippen molar-refractivity contribution in [3.63, 3.8) is 0 Å². The van der Waals surface area contributed by atoms with Crippen LogP contribution in [-0.4, -0.2) is 56.6 Å². The number of hydrogen-bond donors (Lipinski definition) is 2. The molecular weight excluding hydrogens is 168 g/mol. The zero-order valence-corrected chi connectivity index (χ0v) is 9.13. The molecule has 0 amide bonds. The molecule has 0 spiro atoms. The Hall–Kier alpha value is -0.160. The second-order valence-electron chi connectivity index (χ2n) is 3.69. The van der Waals surface area contributed by atoms with Crippen molar-refractivity contribution in [2.24, 2.45) is 0 Å². The Morgan fingerprint density at radius 1 is 1.38 bits per heavy atom. The number of hydrogen-bond acceptors (Lipinski definition) is 4. The van der Waals surface area contributed by atoms with E-state index in [4.69, 9.17) is 4.74 Å². The summed E-state index contributed by atoms with van der Waals surface area (Å²) in [5, 5.41) is 12.3. The normalized spacial score (nSPS) is 16.2. The molecule has 0 radical (unpaired) electrons. The van der Waals surface area contributed by atoms with Crippen LogP contribution in [0, 0.1) is 0 Å². The molecule has 0 saturated heterocycles. The van der Waals surface area contributed by atoms with E-state index in [1.54, 1.807) is 14.0 Å². The molecule has 80 valence electrons. The molecule has 0 heterocycles. The fraction of sp³-hybridized carbons (Fsp3) is 1.00. The van der Waals surface area contributed by atoms with Crippen molar-refractivity contribution >= 4 is 0 Å². The molecule has 4 nitrogen and oxygen atoms in total. The van der Waals surface area contributed by atoms with Crippen molar-refractivity contribution in [3.05, 3.63) is 0 Å². The summed E-state index contributed by atoms with van der Waals surface area (Å²) in [6.45, 7) is 3.96. The highest BCUT2D eigenvalue weighted by Gasteiger charge is 2.15. The lowest BCUT2D eigenvalue weighted by atomic mass is 10.2. The molecule has 0 rings (SSSR count). The van der Waals surface area contributed by atoms with Crippen molar-refractivity contribution in [1.29, 1.82) is 0 Å². The van der Waals surface area contributed by atoms with Crippen LogP contribution >= 0.6 is 0 Å². The SMILES string of the molecule is CNC(C)(O)CCOCCN(C)C. The molecular formula is C9H22N2O2. The van der Waals surface area contributed by atoms with Gasteiger partial charge in [0.2, 0.25) is 0 Å². The standard InChI is InChI=1S/C9H22N2O2/c1-9(12,10-2)5-7-13-8-6-11(3)4/h10,12H,5-8H2,1-4H3. The van der Waals surface area contributed by atoms with Crippen molar-refractivity contribution in [3.8, 4) is 0 Å². The monoisotopic (exact) mass is 190 g/mol. The summed E-state index contributed by atoms with van der Waals surface area (Å²) in [6, 6.07) is 0. The van der Waals surface area contributed by atoms with Gasteiger partial charge in [-0.25, -0.2) is 0 Å². The molecule has 0 bridgehead atoms. The second kappa shape index (κ2) is 6.32. The molecule has 2 N–H and O–H groups in total. The number of likely N-dealkylation sites (N-methyl/N-ethyl adjacent to an activating group) is 1. The Balaban J connectivity index is 3.26. The minimum Gasteiger partial charge on any atom is -0.380 e. The third-order valence-corrected chi connectivity index (χ3v) is 1.95. The van der Waals surface area contributed by atoms with Gasteiger partial charge in [0.05, 0.1) is 13.2 Å². The van der Waals surface area contributed by atoms with E-state index >= 15 is 0 Å². The smallest absolute Gasteiger partial charge is 0.115 e. The molecule has 0 aliphatic rings. The van der Waals surface area contributed by atoms with Gasteiger partial charge in [-0.3, -0.25) is 5.32 Å². The zero-order valence-electron chi connectivity index (χ0n) is 9.13. The van der Waals surface area contributed by atoms with Gasteiger partial charge in [0.15, 0.2) is 0 Å². The molecule has 1 atom stereocenters. The van der Waals surface area contributed by atoms with Gasteiger partial charge in [-0.2, -0.15) is 0 Å². The zero-order chi connectivity index (χ0) is 10.3. The summed E-state index contributed by atoms with van der Waals surface area (Å²) in [4.78, 5) is 2.07. The van der Waals surface area contributed by atoms with Crippen LogP contribution in [0.3, 0.4) is 0 Å². The predicted molar refractivity (Wildman–Crippen MR) is 53.7 cm³/mol. The van der Waals surface area contributed by atoms with Gasteiger partial charge in [-0.1, -0.05) is 0 Å². The van der Waals surface area contributed by atoms with Gasteiger partial charge >= 0.3 is 0 Å². The molecule has 0 aromatic rings. The minimum atomic E-state index is -0.807. The van der Waals surface area contributed by atoms with E-state index in [2.05, 4.69) is 10.2 Å². The number of ether oxygens (including phenoxy) is 1. The molecule has 0 aromatic carbocycles. The van der Waals surface area contributed by atoms with Crippen molar-refractivity contribution in [1.82, 2.24) is 10.2 Å². The fourth-order valence-electron chi connectivity index (χ4n) is 0.745. The van der Waals surface area contributed by atoms with Gasteiger partial charge in [-0.05, 0) is 28.1 Å². The highest BCUT2D eigenvalue weighted by molar-refractivity contribution is 4.65. The average molecular weight is 190 g/mol. The second-order valence-corrected chi connectivity index (χ2v) is 3.69. The topological polar surface area (TPSA) is 44.7 Å². The summed E-state index contributed by atoms with van der Waals surface area (Å²) in [6.07, 6.45) is 0.608. The van der Waals surface area contributed by atoms with Crippen LogP contribution in [0.15, 0.2) is 0 Å². The third-order valence-electron chi connectivity index (χ3n) is 1.95. The fourth-order valence-corrected chi connectivity index (χ4v) is 0.745. The first kappa shape index (κ1) is 12.8. The van der Waals surface area contributed by atoms with E-state index in [9.17, 15) is 5.11 Å². The Kier molecular flexibility index (Phi) is 6.24. The van der Waals surface area contributed by atoms with Crippen LogP contribution in [0.2, 0.25) is 0 Å². The van der Waals surface area contributed by atoms with E-state index in [1.807, 2.05) is 14.1 Å².